The van der Waals surface area contributed by atoms with Crippen molar-refractivity contribution in [2.75, 3.05) is 19.8 Å². The van der Waals surface area contributed by atoms with E-state index in [9.17, 15) is 23.8 Å². The van der Waals surface area contributed by atoms with Gasteiger partial charge in [-0.25, -0.2) is 4.57 Å². The molecule has 0 aliphatic heterocycles. The molecule has 0 spiro atoms. The molecule has 12 heteroatoms. The lowest BCUT2D eigenvalue weighted by atomic mass is 10.0. The summed E-state index contributed by atoms with van der Waals surface area (Å²) in [7, 11) is -4.71. The van der Waals surface area contributed by atoms with Crippen molar-refractivity contribution in [3.05, 3.63) is 0 Å². The second-order valence-corrected chi connectivity index (χ2v) is 17.7. The Morgan fingerprint density at radius 2 is 0.772 bits per heavy atom. The summed E-state index contributed by atoms with van der Waals surface area (Å²) in [5.41, 5.74) is 5.34. The Balaban J connectivity index is 4.21. The van der Waals surface area contributed by atoms with Gasteiger partial charge in [0.2, 0.25) is 0 Å². The number of ether oxygens (including phenoxy) is 2. The van der Waals surface area contributed by atoms with Gasteiger partial charge in [0, 0.05) is 12.8 Å². The lowest BCUT2D eigenvalue weighted by Crippen LogP contribution is -2.34. The largest absolute Gasteiger partial charge is 0.480 e. The van der Waals surface area contributed by atoms with Crippen molar-refractivity contribution >= 4 is 25.7 Å². The van der Waals surface area contributed by atoms with Crippen LogP contribution in [0.25, 0.3) is 0 Å². The number of rotatable bonds is 45. The number of aliphatic carboxylic acids is 1. The summed E-state index contributed by atoms with van der Waals surface area (Å²) in [6.07, 6.45) is 40.3. The second-order valence-electron chi connectivity index (χ2n) is 16.3. The first-order valence-electron chi connectivity index (χ1n) is 23.6. The number of hydrogen-bond donors (Lipinski definition) is 3. The highest BCUT2D eigenvalue weighted by molar-refractivity contribution is 7.47. The van der Waals surface area contributed by atoms with Crippen molar-refractivity contribution < 1.29 is 47.5 Å². The summed E-state index contributed by atoms with van der Waals surface area (Å²) in [6, 6.07) is -1.52. The lowest BCUT2D eigenvalue weighted by molar-refractivity contribution is -0.161. The van der Waals surface area contributed by atoms with E-state index in [1.165, 1.54) is 161 Å². The molecule has 0 aliphatic carbocycles. The zero-order chi connectivity index (χ0) is 42.1. The van der Waals surface area contributed by atoms with E-state index in [0.717, 1.165) is 38.5 Å². The molecule has 3 atom stereocenters. The molecule has 0 heterocycles. The van der Waals surface area contributed by atoms with Crippen LogP contribution in [0.3, 0.4) is 0 Å². The molecule has 338 valence electrons. The maximum atomic E-state index is 12.6. The third kappa shape index (κ3) is 41.0. The number of nitrogens with two attached hydrogens (primary N) is 1. The standard InChI is InChI=1S/C45H88NO10P/c1-3-5-7-9-11-13-15-17-18-19-20-21-22-23-24-25-27-29-31-33-35-37-44(48)56-41(39-54-57(51,52)55-40-42(46)45(49)50)38-53-43(47)36-34-32-30-28-26-16-14-12-10-8-6-4-2/h41-42H,3-40,46H2,1-2H3,(H,49,50)(H,51,52). The summed E-state index contributed by atoms with van der Waals surface area (Å²) >= 11 is 0. The van der Waals surface area contributed by atoms with Crippen LogP contribution in [0.2, 0.25) is 0 Å². The molecule has 4 N–H and O–H groups in total. The number of esters is 2. The number of carbonyl (C=O) groups is 3. The van der Waals surface area contributed by atoms with Gasteiger partial charge in [0.15, 0.2) is 6.10 Å². The van der Waals surface area contributed by atoms with Crippen LogP contribution in [0.15, 0.2) is 0 Å². The number of unbranched alkanes of at least 4 members (excludes halogenated alkanes) is 31. The van der Waals surface area contributed by atoms with Gasteiger partial charge in [-0.3, -0.25) is 23.4 Å². The minimum atomic E-state index is -4.71. The minimum Gasteiger partial charge on any atom is -0.480 e. The third-order valence-electron chi connectivity index (χ3n) is 10.6. The van der Waals surface area contributed by atoms with Crippen molar-refractivity contribution in [2.45, 2.75) is 251 Å². The predicted octanol–water partition coefficient (Wildman–Crippen LogP) is 12.7. The summed E-state index contributed by atoms with van der Waals surface area (Å²) < 4.78 is 32.7. The Hall–Kier alpha value is -1.52. The molecule has 0 saturated carbocycles. The van der Waals surface area contributed by atoms with Gasteiger partial charge in [-0.15, -0.1) is 0 Å². The van der Waals surface area contributed by atoms with E-state index >= 15 is 0 Å². The summed E-state index contributed by atoms with van der Waals surface area (Å²) in [5, 5.41) is 8.89. The Bertz CT molecular complexity index is 984. The summed E-state index contributed by atoms with van der Waals surface area (Å²) in [5.74, 6) is -2.36. The van der Waals surface area contributed by atoms with Gasteiger partial charge in [-0.2, -0.15) is 0 Å². The summed E-state index contributed by atoms with van der Waals surface area (Å²) in [4.78, 5) is 46.0. The van der Waals surface area contributed by atoms with Crippen LogP contribution in [0.5, 0.6) is 0 Å². The van der Waals surface area contributed by atoms with Gasteiger partial charge < -0.3 is 25.2 Å². The molecule has 11 nitrogen and oxygen atoms in total. The maximum Gasteiger partial charge on any atom is 0.472 e. The number of hydrogen-bond acceptors (Lipinski definition) is 9. The van der Waals surface area contributed by atoms with Gasteiger partial charge in [0.05, 0.1) is 13.2 Å². The molecule has 0 aliphatic rings. The van der Waals surface area contributed by atoms with Crippen LogP contribution in [0.1, 0.15) is 239 Å². The van der Waals surface area contributed by atoms with Gasteiger partial charge in [-0.05, 0) is 12.8 Å². The first-order chi connectivity index (χ1) is 27.6. The van der Waals surface area contributed by atoms with Crippen LogP contribution in [0.4, 0.5) is 0 Å². The van der Waals surface area contributed by atoms with E-state index in [2.05, 4.69) is 18.4 Å². The maximum absolute atomic E-state index is 12.6. The topological polar surface area (TPSA) is 172 Å². The van der Waals surface area contributed by atoms with Gasteiger partial charge in [0.25, 0.3) is 0 Å². The van der Waals surface area contributed by atoms with Crippen LogP contribution >= 0.6 is 7.82 Å². The second kappa shape index (κ2) is 41.2. The number of carboxylic acids is 1. The highest BCUT2D eigenvalue weighted by Gasteiger charge is 2.28. The van der Waals surface area contributed by atoms with E-state index in [4.69, 9.17) is 24.8 Å². The van der Waals surface area contributed by atoms with Crippen LogP contribution in [-0.4, -0.2) is 59.9 Å². The Morgan fingerprint density at radius 3 is 1.11 bits per heavy atom. The van der Waals surface area contributed by atoms with E-state index < -0.39 is 51.1 Å². The fraction of sp³-hybridized carbons (Fsp3) is 0.933. The monoisotopic (exact) mass is 834 g/mol. The van der Waals surface area contributed by atoms with E-state index in [-0.39, 0.29) is 19.4 Å². The number of phosphoric ester groups is 1. The molecule has 0 rings (SSSR count). The first kappa shape index (κ1) is 55.5. The average Bonchev–Trinajstić information content (AvgIpc) is 3.19. The van der Waals surface area contributed by atoms with Crippen molar-refractivity contribution in [3.8, 4) is 0 Å². The molecular weight excluding hydrogens is 745 g/mol. The number of carboxylic acid groups (broad SMARTS) is 1. The molecule has 0 aromatic rings. The van der Waals surface area contributed by atoms with Gasteiger partial charge in [-0.1, -0.05) is 213 Å². The van der Waals surface area contributed by atoms with Crippen LogP contribution in [-0.2, 0) is 37.5 Å². The highest BCUT2D eigenvalue weighted by Crippen LogP contribution is 2.43. The fourth-order valence-electron chi connectivity index (χ4n) is 6.89. The normalized spacial score (nSPS) is 13.6. The number of carbonyl (C=O) groups excluding carboxylic acids is 2. The zero-order valence-electron chi connectivity index (χ0n) is 36.7. The Kier molecular flexibility index (Phi) is 40.1. The zero-order valence-corrected chi connectivity index (χ0v) is 37.6. The molecule has 0 radical (unpaired) electrons. The minimum absolute atomic E-state index is 0.170. The quantitative estimate of drug-likeness (QED) is 0.0303. The molecule has 0 amide bonds. The molecule has 57 heavy (non-hydrogen) atoms. The number of phosphoric acid groups is 1. The third-order valence-corrected chi connectivity index (χ3v) is 11.6. The Labute approximate surface area is 348 Å². The smallest absolute Gasteiger partial charge is 0.472 e. The lowest BCUT2D eigenvalue weighted by Gasteiger charge is -2.20. The van der Waals surface area contributed by atoms with Gasteiger partial charge >= 0.3 is 25.7 Å². The fourth-order valence-corrected chi connectivity index (χ4v) is 7.67. The summed E-state index contributed by atoms with van der Waals surface area (Å²) in [6.45, 7) is 2.84. The molecule has 0 aromatic carbocycles. The van der Waals surface area contributed by atoms with Crippen molar-refractivity contribution in [1.29, 1.82) is 0 Å². The van der Waals surface area contributed by atoms with E-state index in [1.807, 2.05) is 0 Å². The van der Waals surface area contributed by atoms with Gasteiger partial charge in [0.1, 0.15) is 12.6 Å². The molecule has 0 saturated heterocycles. The van der Waals surface area contributed by atoms with Crippen molar-refractivity contribution in [3.63, 3.8) is 0 Å². The molecule has 0 aromatic heterocycles. The highest BCUT2D eigenvalue weighted by atomic mass is 31.2. The van der Waals surface area contributed by atoms with Crippen LogP contribution in [0, 0.1) is 0 Å². The first-order valence-corrected chi connectivity index (χ1v) is 25.1. The molecule has 0 fully saturated rings. The molecular formula is C45H88NO10P. The van der Waals surface area contributed by atoms with E-state index in [1.54, 1.807) is 0 Å². The van der Waals surface area contributed by atoms with Crippen molar-refractivity contribution in [1.82, 2.24) is 0 Å². The molecule has 3 unspecified atom stereocenters. The average molecular weight is 834 g/mol. The van der Waals surface area contributed by atoms with Crippen molar-refractivity contribution in [2.24, 2.45) is 5.73 Å². The SMILES string of the molecule is CCCCCCCCCCCCCCCCCCCCCCCC(=O)OC(COC(=O)CCCCCCCCCCCCCC)COP(=O)(O)OCC(N)C(=O)O. The predicted molar refractivity (Wildman–Crippen MR) is 231 cm³/mol. The van der Waals surface area contributed by atoms with Crippen LogP contribution < -0.4 is 5.73 Å². The van der Waals surface area contributed by atoms with E-state index in [0.29, 0.717) is 12.8 Å². The Morgan fingerprint density at radius 1 is 0.474 bits per heavy atom. The molecule has 0 bridgehead atoms.